The Morgan fingerprint density at radius 2 is 2.05 bits per heavy atom. The number of amidine groups is 2. The molecule has 0 saturated carbocycles. The largest absolute Gasteiger partial charge is 0.337 e. The minimum Gasteiger partial charge on any atom is -0.337 e. The second-order valence-electron chi connectivity index (χ2n) is 5.17. The van der Waals surface area contributed by atoms with Crippen LogP contribution in [0.2, 0.25) is 0 Å². The molecule has 0 aromatic carbocycles. The standard InChI is InChI=1S/C16H25N3/c1-8-10-12(5)14(9-2)16-18-13(6)17-15(11(3)4)19(16)7/h8-11,15H,1H2,2-7H3/b12-10-,14-9+. The first-order valence-corrected chi connectivity index (χ1v) is 6.74. The average Bonchev–Trinajstić information content (AvgIpc) is 2.34. The molecule has 1 rings (SSSR count). The Hall–Kier alpha value is -1.64. The number of allylic oxidation sites excluding steroid dienone is 3. The topological polar surface area (TPSA) is 28.0 Å². The molecule has 0 aliphatic carbocycles. The third kappa shape index (κ3) is 3.43. The molecule has 0 aromatic heterocycles. The van der Waals surface area contributed by atoms with E-state index in [4.69, 9.17) is 0 Å². The predicted molar refractivity (Wildman–Crippen MR) is 84.6 cm³/mol. The molecule has 104 valence electrons. The SMILES string of the molecule is C=C/C=C(C)\C(=C/C)C1=NC(C)=NC(C(C)C)N1C. The average molecular weight is 259 g/mol. The fraction of sp³-hybridized carbons (Fsp3) is 0.500. The Morgan fingerprint density at radius 3 is 2.53 bits per heavy atom. The lowest BCUT2D eigenvalue weighted by molar-refractivity contribution is 0.292. The number of likely N-dealkylation sites (N-methyl/N-ethyl adjacent to an activating group) is 1. The number of rotatable bonds is 4. The van der Waals surface area contributed by atoms with Gasteiger partial charge in [-0.05, 0) is 32.3 Å². The quantitative estimate of drug-likeness (QED) is 0.706. The van der Waals surface area contributed by atoms with Crippen LogP contribution in [0.3, 0.4) is 0 Å². The molecule has 1 atom stereocenters. The van der Waals surface area contributed by atoms with Gasteiger partial charge in [0.05, 0.1) is 0 Å². The van der Waals surface area contributed by atoms with E-state index in [2.05, 4.69) is 55.4 Å². The minimum absolute atomic E-state index is 0.152. The van der Waals surface area contributed by atoms with Crippen molar-refractivity contribution in [1.29, 1.82) is 0 Å². The smallest absolute Gasteiger partial charge is 0.139 e. The third-order valence-electron chi connectivity index (χ3n) is 3.24. The van der Waals surface area contributed by atoms with E-state index in [1.165, 1.54) is 5.57 Å². The molecule has 1 unspecified atom stereocenters. The van der Waals surface area contributed by atoms with Crippen LogP contribution < -0.4 is 0 Å². The number of nitrogens with zero attached hydrogens (tertiary/aromatic N) is 3. The highest BCUT2D eigenvalue weighted by Gasteiger charge is 2.26. The van der Waals surface area contributed by atoms with Gasteiger partial charge in [0.25, 0.3) is 0 Å². The zero-order chi connectivity index (χ0) is 14.6. The highest BCUT2D eigenvalue weighted by molar-refractivity contribution is 6.09. The number of aliphatic imine (C=N–C) groups is 2. The summed E-state index contributed by atoms with van der Waals surface area (Å²) in [7, 11) is 2.06. The molecular weight excluding hydrogens is 234 g/mol. The molecule has 3 heteroatoms. The Morgan fingerprint density at radius 1 is 1.42 bits per heavy atom. The maximum Gasteiger partial charge on any atom is 0.139 e. The van der Waals surface area contributed by atoms with Gasteiger partial charge in [-0.25, -0.2) is 9.98 Å². The molecule has 0 aromatic rings. The molecule has 0 N–H and O–H groups in total. The Labute approximate surface area is 117 Å². The van der Waals surface area contributed by atoms with Crippen molar-refractivity contribution in [2.24, 2.45) is 15.9 Å². The molecule has 0 fully saturated rings. The second-order valence-corrected chi connectivity index (χ2v) is 5.17. The van der Waals surface area contributed by atoms with E-state index >= 15 is 0 Å². The van der Waals surface area contributed by atoms with Gasteiger partial charge < -0.3 is 4.90 Å². The van der Waals surface area contributed by atoms with Gasteiger partial charge in [0.15, 0.2) is 0 Å². The molecule has 0 amide bonds. The van der Waals surface area contributed by atoms with Crippen molar-refractivity contribution in [1.82, 2.24) is 4.90 Å². The van der Waals surface area contributed by atoms with Crippen molar-refractivity contribution < 1.29 is 0 Å². The lowest BCUT2D eigenvalue weighted by atomic mass is 10.0. The minimum atomic E-state index is 0.152. The van der Waals surface area contributed by atoms with Crippen molar-refractivity contribution in [2.75, 3.05) is 7.05 Å². The molecule has 1 aliphatic heterocycles. The van der Waals surface area contributed by atoms with Gasteiger partial charge in [0, 0.05) is 12.6 Å². The van der Waals surface area contributed by atoms with Crippen LogP contribution in [0, 0.1) is 5.92 Å². The molecule has 19 heavy (non-hydrogen) atoms. The molecule has 0 spiro atoms. The Bertz CT molecular complexity index is 464. The Kier molecular flexibility index (Phi) is 5.28. The molecule has 3 nitrogen and oxygen atoms in total. The lowest BCUT2D eigenvalue weighted by Crippen LogP contribution is -2.43. The number of hydrogen-bond acceptors (Lipinski definition) is 3. The molecule has 0 radical (unpaired) electrons. The van der Waals surface area contributed by atoms with Crippen molar-refractivity contribution in [3.05, 3.63) is 36.0 Å². The molecule has 1 heterocycles. The van der Waals surface area contributed by atoms with Gasteiger partial charge in [0.2, 0.25) is 0 Å². The summed E-state index contributed by atoms with van der Waals surface area (Å²) < 4.78 is 0. The van der Waals surface area contributed by atoms with Gasteiger partial charge in [-0.15, -0.1) is 0 Å². The van der Waals surface area contributed by atoms with Gasteiger partial charge >= 0.3 is 0 Å². The van der Waals surface area contributed by atoms with Crippen LogP contribution in [0.1, 0.15) is 34.6 Å². The van der Waals surface area contributed by atoms with Crippen molar-refractivity contribution in [3.8, 4) is 0 Å². The summed E-state index contributed by atoms with van der Waals surface area (Å²) >= 11 is 0. The van der Waals surface area contributed by atoms with Crippen LogP contribution in [0.4, 0.5) is 0 Å². The van der Waals surface area contributed by atoms with Crippen LogP contribution in [0.25, 0.3) is 0 Å². The van der Waals surface area contributed by atoms with E-state index in [1.807, 2.05) is 26.0 Å². The lowest BCUT2D eigenvalue weighted by Gasteiger charge is -2.34. The number of hydrogen-bond donors (Lipinski definition) is 0. The van der Waals surface area contributed by atoms with E-state index in [0.29, 0.717) is 5.92 Å². The summed E-state index contributed by atoms with van der Waals surface area (Å²) in [5.74, 6) is 2.29. The fourth-order valence-electron chi connectivity index (χ4n) is 2.31. The van der Waals surface area contributed by atoms with Crippen molar-refractivity contribution in [2.45, 2.75) is 40.8 Å². The fourth-order valence-corrected chi connectivity index (χ4v) is 2.31. The van der Waals surface area contributed by atoms with E-state index in [-0.39, 0.29) is 6.17 Å². The van der Waals surface area contributed by atoms with Crippen LogP contribution >= 0.6 is 0 Å². The first-order valence-electron chi connectivity index (χ1n) is 6.74. The summed E-state index contributed by atoms with van der Waals surface area (Å²) in [6.07, 6.45) is 6.07. The maximum absolute atomic E-state index is 4.62. The van der Waals surface area contributed by atoms with Crippen LogP contribution in [0.15, 0.2) is 45.9 Å². The van der Waals surface area contributed by atoms with E-state index in [9.17, 15) is 0 Å². The summed E-state index contributed by atoms with van der Waals surface area (Å²) in [5, 5.41) is 0. The second kappa shape index (κ2) is 6.50. The third-order valence-corrected chi connectivity index (χ3v) is 3.24. The summed E-state index contributed by atoms with van der Waals surface area (Å²) in [6.45, 7) is 14.2. The van der Waals surface area contributed by atoms with E-state index < -0.39 is 0 Å². The van der Waals surface area contributed by atoms with Crippen LogP contribution in [0.5, 0.6) is 0 Å². The van der Waals surface area contributed by atoms with Gasteiger partial charge in [-0.3, -0.25) is 0 Å². The molecule has 0 saturated heterocycles. The highest BCUT2D eigenvalue weighted by atomic mass is 15.3. The first-order chi connectivity index (χ1) is 8.92. The zero-order valence-corrected chi connectivity index (χ0v) is 12.9. The normalized spacial score (nSPS) is 21.4. The first kappa shape index (κ1) is 15.4. The Balaban J connectivity index is 3.21. The van der Waals surface area contributed by atoms with E-state index in [1.54, 1.807) is 0 Å². The van der Waals surface area contributed by atoms with Gasteiger partial charge in [0.1, 0.15) is 17.8 Å². The van der Waals surface area contributed by atoms with Crippen LogP contribution in [-0.2, 0) is 0 Å². The van der Waals surface area contributed by atoms with Crippen molar-refractivity contribution in [3.63, 3.8) is 0 Å². The van der Waals surface area contributed by atoms with Crippen LogP contribution in [-0.4, -0.2) is 29.8 Å². The van der Waals surface area contributed by atoms with Crippen molar-refractivity contribution >= 4 is 11.7 Å². The molecule has 1 aliphatic rings. The summed E-state index contributed by atoms with van der Waals surface area (Å²) in [6, 6.07) is 0. The summed E-state index contributed by atoms with van der Waals surface area (Å²) in [5.41, 5.74) is 2.31. The molecular formula is C16H25N3. The molecule has 0 bridgehead atoms. The monoisotopic (exact) mass is 259 g/mol. The van der Waals surface area contributed by atoms with Gasteiger partial charge in [-0.2, -0.15) is 0 Å². The maximum atomic E-state index is 4.62. The van der Waals surface area contributed by atoms with E-state index in [0.717, 1.165) is 17.2 Å². The highest BCUT2D eigenvalue weighted by Crippen LogP contribution is 2.22. The predicted octanol–water partition coefficient (Wildman–Crippen LogP) is 3.81. The van der Waals surface area contributed by atoms with Gasteiger partial charge in [-0.1, -0.05) is 38.7 Å². The summed E-state index contributed by atoms with van der Waals surface area (Å²) in [4.78, 5) is 11.4. The zero-order valence-electron chi connectivity index (χ0n) is 12.9.